The van der Waals surface area contributed by atoms with Crippen molar-refractivity contribution in [2.75, 3.05) is 0 Å². The van der Waals surface area contributed by atoms with Gasteiger partial charge in [0.15, 0.2) is 0 Å². The molecule has 1 aliphatic heterocycles. The largest absolute Gasteiger partial charge is 0.573 e. The van der Waals surface area contributed by atoms with Gasteiger partial charge in [0, 0.05) is 30.9 Å². The summed E-state index contributed by atoms with van der Waals surface area (Å²) < 4.78 is 46.6. The fourth-order valence-electron chi connectivity index (χ4n) is 3.40. The Morgan fingerprint density at radius 2 is 1.80 bits per heavy atom. The number of ether oxygens (including phenoxy) is 2. The van der Waals surface area contributed by atoms with Crippen LogP contribution in [0.15, 0.2) is 60.8 Å². The average molecular weight is 435 g/mol. The Balaban J connectivity index is 1.38. The van der Waals surface area contributed by atoms with Crippen molar-refractivity contribution in [2.45, 2.75) is 32.6 Å². The Hall–Kier alpha value is -2.77. The highest BCUT2D eigenvalue weighted by molar-refractivity contribution is 6.31. The minimum Gasteiger partial charge on any atom is -0.487 e. The van der Waals surface area contributed by atoms with Gasteiger partial charge >= 0.3 is 6.36 Å². The summed E-state index contributed by atoms with van der Waals surface area (Å²) in [5.41, 5.74) is 3.84. The molecule has 8 heteroatoms. The summed E-state index contributed by atoms with van der Waals surface area (Å²) in [4.78, 5) is 6.40. The molecular weight excluding hydrogens is 417 g/mol. The second-order valence-electron chi connectivity index (χ2n) is 6.99. The molecule has 3 aromatic rings. The molecule has 4 rings (SSSR count). The van der Waals surface area contributed by atoms with Gasteiger partial charge in [-0.05, 0) is 53.1 Å². The van der Waals surface area contributed by atoms with E-state index in [1.54, 1.807) is 24.4 Å². The molecule has 0 fully saturated rings. The molecule has 0 N–H and O–H groups in total. The molecule has 2 heterocycles. The minimum atomic E-state index is -4.69. The molecule has 0 bridgehead atoms. The highest BCUT2D eigenvalue weighted by Gasteiger charge is 2.31. The molecule has 0 atom stereocenters. The summed E-state index contributed by atoms with van der Waals surface area (Å²) in [5, 5.41) is 0.639. The molecule has 4 nitrogen and oxygen atoms in total. The lowest BCUT2D eigenvalue weighted by molar-refractivity contribution is -0.274. The number of benzene rings is 2. The highest BCUT2D eigenvalue weighted by atomic mass is 35.5. The average Bonchev–Trinajstić information content (AvgIpc) is 3.11. The van der Waals surface area contributed by atoms with Crippen molar-refractivity contribution in [3.05, 3.63) is 88.2 Å². The molecule has 0 unspecified atom stereocenters. The van der Waals surface area contributed by atoms with Crippen LogP contribution < -0.4 is 9.47 Å². The first-order valence-electron chi connectivity index (χ1n) is 9.27. The van der Waals surface area contributed by atoms with Crippen molar-refractivity contribution in [1.82, 2.24) is 9.88 Å². The van der Waals surface area contributed by atoms with Crippen LogP contribution in [-0.4, -0.2) is 16.2 Å². The predicted molar refractivity (Wildman–Crippen MR) is 106 cm³/mol. The van der Waals surface area contributed by atoms with E-state index in [9.17, 15) is 13.2 Å². The van der Waals surface area contributed by atoms with E-state index < -0.39 is 6.36 Å². The maximum absolute atomic E-state index is 12.3. The number of hydrogen-bond donors (Lipinski definition) is 0. The zero-order chi connectivity index (χ0) is 21.1. The molecule has 156 valence electrons. The van der Waals surface area contributed by atoms with E-state index in [1.165, 1.54) is 12.1 Å². The van der Waals surface area contributed by atoms with Gasteiger partial charge in [-0.25, -0.2) is 0 Å². The van der Waals surface area contributed by atoms with Crippen molar-refractivity contribution < 1.29 is 22.6 Å². The van der Waals surface area contributed by atoms with E-state index in [2.05, 4.69) is 14.6 Å². The van der Waals surface area contributed by atoms with E-state index in [4.69, 9.17) is 16.3 Å². The number of nitrogens with zero attached hydrogens (tertiary/aromatic N) is 2. The molecule has 0 amide bonds. The van der Waals surface area contributed by atoms with Gasteiger partial charge in [-0.1, -0.05) is 29.8 Å². The summed E-state index contributed by atoms with van der Waals surface area (Å²) in [5.74, 6) is 0.452. The molecule has 1 aromatic heterocycles. The molecule has 0 saturated carbocycles. The van der Waals surface area contributed by atoms with Crippen LogP contribution >= 0.6 is 11.6 Å². The van der Waals surface area contributed by atoms with Gasteiger partial charge in [0.05, 0.1) is 5.69 Å². The normalized spacial score (nSPS) is 13.9. The lowest BCUT2D eigenvalue weighted by Crippen LogP contribution is -2.17. The summed E-state index contributed by atoms with van der Waals surface area (Å²) in [6.07, 6.45) is -2.97. The van der Waals surface area contributed by atoms with E-state index in [-0.39, 0.29) is 5.75 Å². The first-order chi connectivity index (χ1) is 14.4. The van der Waals surface area contributed by atoms with Gasteiger partial charge < -0.3 is 9.47 Å². The SMILES string of the molecule is FC(F)(F)Oc1ccc(CN2Cc3cc(OCc4ccccn4)cc(Cl)c3C2)cc1. The lowest BCUT2D eigenvalue weighted by Gasteiger charge is -2.15. The van der Waals surface area contributed by atoms with Crippen molar-refractivity contribution in [3.8, 4) is 11.5 Å². The van der Waals surface area contributed by atoms with E-state index >= 15 is 0 Å². The molecule has 0 saturated heterocycles. The first kappa shape index (κ1) is 20.5. The van der Waals surface area contributed by atoms with Crippen LogP contribution in [0, 0.1) is 0 Å². The number of hydrogen-bond acceptors (Lipinski definition) is 4. The Labute approximate surface area is 176 Å². The Morgan fingerprint density at radius 1 is 1.00 bits per heavy atom. The summed E-state index contributed by atoms with van der Waals surface area (Å²) in [7, 11) is 0. The smallest absolute Gasteiger partial charge is 0.487 e. The Kier molecular flexibility index (Phi) is 5.83. The number of fused-ring (bicyclic) bond motifs is 1. The molecule has 0 spiro atoms. The van der Waals surface area contributed by atoms with Gasteiger partial charge in [0.2, 0.25) is 0 Å². The summed E-state index contributed by atoms with van der Waals surface area (Å²) in [6.45, 7) is 2.28. The van der Waals surface area contributed by atoms with Crippen molar-refractivity contribution in [1.29, 1.82) is 0 Å². The van der Waals surface area contributed by atoms with Crippen LogP contribution in [0.25, 0.3) is 0 Å². The highest BCUT2D eigenvalue weighted by Crippen LogP contribution is 2.34. The van der Waals surface area contributed by atoms with Gasteiger partial charge in [-0.15, -0.1) is 13.2 Å². The second-order valence-corrected chi connectivity index (χ2v) is 7.40. The number of alkyl halides is 3. The fourth-order valence-corrected chi connectivity index (χ4v) is 3.68. The van der Waals surface area contributed by atoms with E-state index in [0.29, 0.717) is 37.0 Å². The predicted octanol–water partition coefficient (Wildman–Crippen LogP) is 5.73. The third-order valence-electron chi connectivity index (χ3n) is 4.71. The van der Waals surface area contributed by atoms with Crippen LogP contribution in [0.5, 0.6) is 11.5 Å². The number of pyridine rings is 1. The zero-order valence-electron chi connectivity index (χ0n) is 15.8. The second kappa shape index (κ2) is 8.53. The quantitative estimate of drug-likeness (QED) is 0.496. The van der Waals surface area contributed by atoms with Crippen molar-refractivity contribution >= 4 is 11.6 Å². The third kappa shape index (κ3) is 5.23. The van der Waals surface area contributed by atoms with Crippen molar-refractivity contribution in [3.63, 3.8) is 0 Å². The van der Waals surface area contributed by atoms with Crippen LogP contribution in [0.2, 0.25) is 5.02 Å². The Bertz CT molecular complexity index is 1010. The maximum atomic E-state index is 12.3. The van der Waals surface area contributed by atoms with Gasteiger partial charge in [-0.2, -0.15) is 0 Å². The van der Waals surface area contributed by atoms with Crippen LogP contribution in [0.1, 0.15) is 22.4 Å². The third-order valence-corrected chi connectivity index (χ3v) is 5.05. The van der Waals surface area contributed by atoms with Gasteiger partial charge in [0.25, 0.3) is 0 Å². The minimum absolute atomic E-state index is 0.228. The topological polar surface area (TPSA) is 34.6 Å². The monoisotopic (exact) mass is 434 g/mol. The van der Waals surface area contributed by atoms with Gasteiger partial charge in [0.1, 0.15) is 18.1 Å². The van der Waals surface area contributed by atoms with Crippen molar-refractivity contribution in [2.24, 2.45) is 0 Å². The first-order valence-corrected chi connectivity index (χ1v) is 9.64. The fraction of sp³-hybridized carbons (Fsp3) is 0.227. The summed E-state index contributed by atoms with van der Waals surface area (Å²) >= 11 is 6.46. The molecule has 0 radical (unpaired) electrons. The number of halogens is 4. The molecule has 2 aromatic carbocycles. The standard InChI is InChI=1S/C22H18ClF3N2O2/c23-21-10-19(29-14-17-3-1-2-8-27-17)9-16-12-28(13-20(16)21)11-15-4-6-18(7-5-15)30-22(24,25)26/h1-10H,11-14H2. The number of aromatic nitrogens is 1. The maximum Gasteiger partial charge on any atom is 0.573 e. The van der Waals surface area contributed by atoms with Crippen LogP contribution in [-0.2, 0) is 26.2 Å². The number of rotatable bonds is 6. The Morgan fingerprint density at radius 3 is 2.50 bits per heavy atom. The van der Waals surface area contributed by atoms with E-state index in [1.807, 2.05) is 24.3 Å². The molecule has 0 aliphatic carbocycles. The molecule has 1 aliphatic rings. The lowest BCUT2D eigenvalue weighted by atomic mass is 10.1. The molecule has 30 heavy (non-hydrogen) atoms. The summed E-state index contributed by atoms with van der Waals surface area (Å²) in [6, 6.07) is 15.3. The van der Waals surface area contributed by atoms with E-state index in [0.717, 1.165) is 22.4 Å². The van der Waals surface area contributed by atoms with Crippen LogP contribution in [0.4, 0.5) is 13.2 Å². The zero-order valence-corrected chi connectivity index (χ0v) is 16.6. The van der Waals surface area contributed by atoms with Gasteiger partial charge in [-0.3, -0.25) is 9.88 Å². The van der Waals surface area contributed by atoms with Crippen LogP contribution in [0.3, 0.4) is 0 Å². The molecular formula is C22H18ClF3N2O2.